The third-order valence-electron chi connectivity index (χ3n) is 3.49. The van der Waals surface area contributed by atoms with Crippen molar-refractivity contribution in [2.24, 2.45) is 0 Å². The highest BCUT2D eigenvalue weighted by Crippen LogP contribution is 2.27. The molecule has 0 saturated heterocycles. The van der Waals surface area contributed by atoms with Gasteiger partial charge in [0.25, 0.3) is 0 Å². The number of nitrogens with zero attached hydrogens (tertiary/aromatic N) is 3. The van der Waals surface area contributed by atoms with Gasteiger partial charge in [0.2, 0.25) is 0 Å². The van der Waals surface area contributed by atoms with E-state index in [2.05, 4.69) is 10.2 Å². The minimum atomic E-state index is -0.287. The molecule has 1 heterocycles. The van der Waals surface area contributed by atoms with Gasteiger partial charge in [0.1, 0.15) is 5.75 Å². The molecule has 0 N–H and O–H groups in total. The fourth-order valence-corrected chi connectivity index (χ4v) is 3.20. The number of rotatable bonds is 8. The molecule has 8 heteroatoms. The van der Waals surface area contributed by atoms with Gasteiger partial charge < -0.3 is 14.0 Å². The quantitative estimate of drug-likeness (QED) is 0.506. The molecule has 0 aliphatic carbocycles. The number of thioether (sulfide) groups is 1. The van der Waals surface area contributed by atoms with E-state index in [0.29, 0.717) is 29.2 Å². The molecule has 0 saturated carbocycles. The summed E-state index contributed by atoms with van der Waals surface area (Å²) in [5, 5.41) is 9.79. The molecule has 0 amide bonds. The summed E-state index contributed by atoms with van der Waals surface area (Å²) in [7, 11) is 0. The molecule has 2 aromatic rings. The van der Waals surface area contributed by atoms with Gasteiger partial charge >= 0.3 is 5.97 Å². The van der Waals surface area contributed by atoms with Crippen LogP contribution in [0.3, 0.4) is 0 Å². The predicted octanol–water partition coefficient (Wildman–Crippen LogP) is 4.06. The number of benzene rings is 1. The highest BCUT2D eigenvalue weighted by molar-refractivity contribution is 7.99. The molecular weight excluding hydrogens is 362 g/mol. The zero-order chi connectivity index (χ0) is 18.4. The molecule has 136 valence electrons. The number of aryl methyl sites for hydroxylation is 1. The molecule has 1 atom stereocenters. The first-order chi connectivity index (χ1) is 12.0. The summed E-state index contributed by atoms with van der Waals surface area (Å²) in [5.41, 5.74) is 0.953. The molecule has 0 aliphatic heterocycles. The van der Waals surface area contributed by atoms with Crippen molar-refractivity contribution >= 4 is 29.3 Å². The maximum Gasteiger partial charge on any atom is 0.316 e. The summed E-state index contributed by atoms with van der Waals surface area (Å²) in [6.45, 7) is 8.68. The number of aromatic nitrogens is 3. The molecule has 0 bridgehead atoms. The molecule has 0 radical (unpaired) electrons. The maximum absolute atomic E-state index is 11.5. The second-order valence-corrected chi connectivity index (χ2v) is 6.70. The van der Waals surface area contributed by atoms with Gasteiger partial charge in [-0.1, -0.05) is 23.4 Å². The van der Waals surface area contributed by atoms with Crippen molar-refractivity contribution in [3.8, 4) is 5.75 Å². The average Bonchev–Trinajstić information content (AvgIpc) is 2.99. The molecule has 1 aromatic carbocycles. The Morgan fingerprint density at radius 3 is 2.76 bits per heavy atom. The number of carbonyl (C=O) groups excluding carboxylic acids is 1. The number of esters is 1. The van der Waals surface area contributed by atoms with Gasteiger partial charge in [-0.3, -0.25) is 4.79 Å². The Hall–Kier alpha value is -1.73. The number of halogens is 1. The summed E-state index contributed by atoms with van der Waals surface area (Å²) in [4.78, 5) is 11.5. The fourth-order valence-electron chi connectivity index (χ4n) is 2.28. The van der Waals surface area contributed by atoms with Crippen LogP contribution in [-0.2, 0) is 16.1 Å². The van der Waals surface area contributed by atoms with E-state index < -0.39 is 0 Å². The van der Waals surface area contributed by atoms with Crippen molar-refractivity contribution in [2.45, 2.75) is 45.5 Å². The topological polar surface area (TPSA) is 66.2 Å². The Kier molecular flexibility index (Phi) is 7.13. The molecule has 0 spiro atoms. The van der Waals surface area contributed by atoms with E-state index in [1.54, 1.807) is 6.92 Å². The van der Waals surface area contributed by atoms with Crippen molar-refractivity contribution in [2.75, 3.05) is 12.4 Å². The van der Waals surface area contributed by atoms with Crippen LogP contribution in [0.15, 0.2) is 23.4 Å². The van der Waals surface area contributed by atoms with Crippen LogP contribution in [0.1, 0.15) is 38.3 Å². The zero-order valence-electron chi connectivity index (χ0n) is 14.8. The molecule has 6 nitrogen and oxygen atoms in total. The van der Waals surface area contributed by atoms with Gasteiger partial charge in [-0.15, -0.1) is 10.2 Å². The Morgan fingerprint density at radius 2 is 2.12 bits per heavy atom. The zero-order valence-corrected chi connectivity index (χ0v) is 16.4. The van der Waals surface area contributed by atoms with Gasteiger partial charge in [-0.2, -0.15) is 0 Å². The van der Waals surface area contributed by atoms with Crippen molar-refractivity contribution in [3.63, 3.8) is 0 Å². The molecule has 0 aliphatic rings. The van der Waals surface area contributed by atoms with Gasteiger partial charge in [0, 0.05) is 11.6 Å². The lowest BCUT2D eigenvalue weighted by atomic mass is 10.2. The molecule has 1 aromatic heterocycles. The van der Waals surface area contributed by atoms with Gasteiger partial charge in [0.05, 0.1) is 12.4 Å². The number of carbonyl (C=O) groups is 1. The van der Waals surface area contributed by atoms with Crippen LogP contribution >= 0.6 is 23.4 Å². The first-order valence-corrected chi connectivity index (χ1v) is 9.46. The fraction of sp³-hybridized carbons (Fsp3) is 0.471. The van der Waals surface area contributed by atoms with E-state index in [-0.39, 0.29) is 17.8 Å². The molecule has 1 unspecified atom stereocenters. The van der Waals surface area contributed by atoms with Crippen molar-refractivity contribution < 1.29 is 14.3 Å². The highest BCUT2D eigenvalue weighted by Gasteiger charge is 2.19. The summed E-state index contributed by atoms with van der Waals surface area (Å²) >= 11 is 7.36. The first kappa shape index (κ1) is 19.6. The predicted molar refractivity (Wildman–Crippen MR) is 98.3 cm³/mol. The van der Waals surface area contributed by atoms with Crippen molar-refractivity contribution in [1.82, 2.24) is 14.8 Å². The van der Waals surface area contributed by atoms with E-state index in [1.807, 2.05) is 43.5 Å². The minimum Gasteiger partial charge on any atom is -0.483 e. The van der Waals surface area contributed by atoms with Crippen LogP contribution in [0.4, 0.5) is 0 Å². The molecule has 2 rings (SSSR count). The van der Waals surface area contributed by atoms with E-state index in [1.165, 1.54) is 11.8 Å². The average molecular weight is 384 g/mol. The van der Waals surface area contributed by atoms with Gasteiger partial charge in [-0.05, 0) is 51.5 Å². The van der Waals surface area contributed by atoms with Crippen LogP contribution in [0, 0.1) is 6.92 Å². The van der Waals surface area contributed by atoms with Crippen molar-refractivity contribution in [1.29, 1.82) is 0 Å². The smallest absolute Gasteiger partial charge is 0.316 e. The van der Waals surface area contributed by atoms with Gasteiger partial charge in [-0.25, -0.2) is 0 Å². The summed E-state index contributed by atoms with van der Waals surface area (Å²) in [5.74, 6) is 1.38. The van der Waals surface area contributed by atoms with Crippen LogP contribution in [0.5, 0.6) is 5.75 Å². The van der Waals surface area contributed by atoms with Crippen LogP contribution < -0.4 is 4.74 Å². The number of hydrogen-bond donors (Lipinski definition) is 0. The molecule has 25 heavy (non-hydrogen) atoms. The van der Waals surface area contributed by atoms with E-state index >= 15 is 0 Å². The number of hydrogen-bond acceptors (Lipinski definition) is 6. The van der Waals surface area contributed by atoms with Crippen molar-refractivity contribution in [3.05, 3.63) is 34.6 Å². The van der Waals surface area contributed by atoms with Gasteiger partial charge in [0.15, 0.2) is 17.1 Å². The van der Waals surface area contributed by atoms with Crippen LogP contribution in [0.25, 0.3) is 0 Å². The SMILES string of the molecule is CCOC(=O)CSc1nnc(C(C)Oc2ccc(Cl)c(C)c2)n1CC. The lowest BCUT2D eigenvalue weighted by Gasteiger charge is -2.16. The Bertz CT molecular complexity index is 736. The third-order valence-corrected chi connectivity index (χ3v) is 4.86. The minimum absolute atomic E-state index is 0.206. The largest absolute Gasteiger partial charge is 0.483 e. The summed E-state index contributed by atoms with van der Waals surface area (Å²) < 4.78 is 12.9. The van der Waals surface area contributed by atoms with Crippen LogP contribution in [0.2, 0.25) is 5.02 Å². The highest BCUT2D eigenvalue weighted by atomic mass is 35.5. The lowest BCUT2D eigenvalue weighted by molar-refractivity contribution is -0.139. The second kappa shape index (κ2) is 9.10. The first-order valence-electron chi connectivity index (χ1n) is 8.10. The summed E-state index contributed by atoms with van der Waals surface area (Å²) in [6, 6.07) is 5.53. The van der Waals surface area contributed by atoms with E-state index in [9.17, 15) is 4.79 Å². The third kappa shape index (κ3) is 5.12. The Balaban J connectivity index is 2.10. The molecule has 0 fully saturated rings. The van der Waals surface area contributed by atoms with Crippen LogP contribution in [-0.4, -0.2) is 33.1 Å². The monoisotopic (exact) mass is 383 g/mol. The summed E-state index contributed by atoms with van der Waals surface area (Å²) in [6.07, 6.45) is -0.287. The standard InChI is InChI=1S/C17H22ClN3O3S/c1-5-21-16(19-20-17(21)25-10-15(22)23-6-2)12(4)24-13-7-8-14(18)11(3)9-13/h7-9,12H,5-6,10H2,1-4H3. The molecular formula is C17H22ClN3O3S. The second-order valence-electron chi connectivity index (χ2n) is 5.35. The normalized spacial score (nSPS) is 12.0. The maximum atomic E-state index is 11.5. The Morgan fingerprint density at radius 1 is 1.36 bits per heavy atom. The van der Waals surface area contributed by atoms with E-state index in [0.717, 1.165) is 11.3 Å². The Labute approximate surface area is 156 Å². The number of ether oxygens (including phenoxy) is 2. The lowest BCUT2D eigenvalue weighted by Crippen LogP contribution is -2.12. The van der Waals surface area contributed by atoms with E-state index in [4.69, 9.17) is 21.1 Å².